The number of methoxy groups -OCH3 is 1. The number of fused-ring (bicyclic) bond motifs is 1. The number of hydrogen-bond acceptors (Lipinski definition) is 5. The minimum absolute atomic E-state index is 0.439. The second kappa shape index (κ2) is 6.22. The van der Waals surface area contributed by atoms with Crippen molar-refractivity contribution in [2.24, 2.45) is 0 Å². The summed E-state index contributed by atoms with van der Waals surface area (Å²) in [6.07, 6.45) is 7.78. The van der Waals surface area contributed by atoms with Crippen LogP contribution in [-0.4, -0.2) is 39.6 Å². The molecule has 1 aliphatic heterocycles. The van der Waals surface area contributed by atoms with Crippen molar-refractivity contribution in [3.8, 4) is 22.9 Å². The second-order valence-corrected chi connectivity index (χ2v) is 6.35. The highest BCUT2D eigenvalue weighted by molar-refractivity contribution is 5.75. The van der Waals surface area contributed by atoms with E-state index >= 15 is 0 Å². The van der Waals surface area contributed by atoms with E-state index in [1.165, 1.54) is 0 Å². The number of aryl methyl sites for hydroxylation is 1. The number of nitrogens with one attached hydrogen (secondary N) is 1. The zero-order chi connectivity index (χ0) is 17.4. The first-order valence-electron chi connectivity index (χ1n) is 8.43. The molecule has 0 radical (unpaired) electrons. The molecule has 128 valence electrons. The lowest BCUT2D eigenvalue weighted by Crippen LogP contribution is -2.29. The molecule has 0 unspecified atom stereocenters. The number of ether oxygens (including phenoxy) is 1. The number of hydrogen-bond donors (Lipinski definition) is 1. The maximum Gasteiger partial charge on any atom is 0.146 e. The highest BCUT2D eigenvalue weighted by Crippen LogP contribution is 2.32. The lowest BCUT2D eigenvalue weighted by Gasteiger charge is -2.22. The van der Waals surface area contributed by atoms with Gasteiger partial charge in [0.2, 0.25) is 0 Å². The summed E-state index contributed by atoms with van der Waals surface area (Å²) < 4.78 is 9.30. The first-order valence-corrected chi connectivity index (χ1v) is 8.43. The molecular weight excluding hydrogens is 316 g/mol. The quantitative estimate of drug-likeness (QED) is 0.794. The fourth-order valence-electron chi connectivity index (χ4n) is 3.49. The molecule has 0 bridgehead atoms. The first kappa shape index (κ1) is 15.7. The van der Waals surface area contributed by atoms with Crippen LogP contribution in [0, 0.1) is 18.3 Å². The summed E-state index contributed by atoms with van der Waals surface area (Å²) in [6.45, 7) is 4.08. The molecule has 1 N–H and O–H groups in total. The summed E-state index contributed by atoms with van der Waals surface area (Å²) >= 11 is 0. The van der Waals surface area contributed by atoms with Crippen LogP contribution in [0.4, 0.5) is 0 Å². The predicted octanol–water partition coefficient (Wildman–Crippen LogP) is 2.31. The van der Waals surface area contributed by atoms with Crippen molar-refractivity contribution in [3.05, 3.63) is 35.9 Å². The fourth-order valence-corrected chi connectivity index (χ4v) is 3.49. The molecule has 0 atom stereocenters. The Balaban J connectivity index is 1.79. The van der Waals surface area contributed by atoms with E-state index in [0.717, 1.165) is 42.8 Å². The van der Waals surface area contributed by atoms with Crippen LogP contribution in [-0.2, 0) is 0 Å². The maximum atomic E-state index is 9.25. The van der Waals surface area contributed by atoms with E-state index in [9.17, 15) is 5.26 Å². The molecule has 1 saturated heterocycles. The van der Waals surface area contributed by atoms with Gasteiger partial charge in [0.1, 0.15) is 22.9 Å². The normalized spacial score (nSPS) is 15.4. The largest absolute Gasteiger partial charge is 0.494 e. The minimum atomic E-state index is 0.439. The van der Waals surface area contributed by atoms with Crippen LogP contribution in [0.1, 0.15) is 30.1 Å². The molecule has 0 aliphatic carbocycles. The molecule has 0 saturated carbocycles. The van der Waals surface area contributed by atoms with Gasteiger partial charge < -0.3 is 10.1 Å². The van der Waals surface area contributed by atoms with Gasteiger partial charge in [0.05, 0.1) is 25.0 Å². The van der Waals surface area contributed by atoms with E-state index < -0.39 is 0 Å². The van der Waals surface area contributed by atoms with Gasteiger partial charge in [0.25, 0.3) is 0 Å². The molecule has 3 aromatic rings. The molecule has 0 spiro atoms. The zero-order valence-electron chi connectivity index (χ0n) is 14.4. The molecule has 1 fully saturated rings. The fraction of sp³-hybridized carbons (Fsp3) is 0.389. The van der Waals surface area contributed by atoms with E-state index in [1.54, 1.807) is 17.8 Å². The molecule has 7 nitrogen and oxygen atoms in total. The van der Waals surface area contributed by atoms with Crippen molar-refractivity contribution in [3.63, 3.8) is 0 Å². The number of nitriles is 1. The molecular formula is C18H20N6O. The molecule has 0 aromatic carbocycles. The Hall–Kier alpha value is -2.85. The minimum Gasteiger partial charge on any atom is -0.494 e. The van der Waals surface area contributed by atoms with E-state index in [1.807, 2.05) is 19.2 Å². The van der Waals surface area contributed by atoms with Crippen LogP contribution in [0.5, 0.6) is 5.75 Å². The number of pyridine rings is 1. The Labute approximate surface area is 145 Å². The third-order valence-electron chi connectivity index (χ3n) is 4.83. The highest BCUT2D eigenvalue weighted by atomic mass is 16.5. The van der Waals surface area contributed by atoms with Crippen molar-refractivity contribution >= 4 is 5.52 Å². The third-order valence-corrected chi connectivity index (χ3v) is 4.83. The average molecular weight is 336 g/mol. The summed E-state index contributed by atoms with van der Waals surface area (Å²) in [5, 5.41) is 21.7. The number of piperidine rings is 1. The Morgan fingerprint density at radius 1 is 1.32 bits per heavy atom. The Morgan fingerprint density at radius 3 is 2.84 bits per heavy atom. The van der Waals surface area contributed by atoms with Crippen LogP contribution in [0.2, 0.25) is 0 Å². The van der Waals surface area contributed by atoms with Crippen molar-refractivity contribution in [2.75, 3.05) is 20.2 Å². The average Bonchev–Trinajstić information content (AvgIpc) is 3.25. The van der Waals surface area contributed by atoms with Crippen molar-refractivity contribution in [2.45, 2.75) is 25.8 Å². The maximum absolute atomic E-state index is 9.25. The molecule has 3 aromatic heterocycles. The van der Waals surface area contributed by atoms with Crippen molar-refractivity contribution in [1.29, 1.82) is 5.26 Å². The Morgan fingerprint density at radius 2 is 2.12 bits per heavy atom. The summed E-state index contributed by atoms with van der Waals surface area (Å²) in [5.74, 6) is 0.639. The lowest BCUT2D eigenvalue weighted by molar-refractivity contribution is 0.342. The van der Waals surface area contributed by atoms with Gasteiger partial charge in [-0.25, -0.2) is 4.52 Å². The SMILES string of the molecule is COc1cc(-c2cn(C3CCNCC3)nc2C)cn2ncc(C#N)c12. The van der Waals surface area contributed by atoms with E-state index in [4.69, 9.17) is 9.84 Å². The number of nitrogens with zero attached hydrogens (tertiary/aromatic N) is 5. The first-order chi connectivity index (χ1) is 12.2. The zero-order valence-corrected chi connectivity index (χ0v) is 14.4. The van der Waals surface area contributed by atoms with Gasteiger partial charge in [0, 0.05) is 23.5 Å². The topological polar surface area (TPSA) is 80.2 Å². The Bertz CT molecular complexity index is 958. The van der Waals surface area contributed by atoms with Gasteiger partial charge in [-0.2, -0.15) is 15.5 Å². The molecule has 25 heavy (non-hydrogen) atoms. The van der Waals surface area contributed by atoms with Gasteiger partial charge in [0.15, 0.2) is 0 Å². The molecule has 4 heterocycles. The third kappa shape index (κ3) is 2.65. The monoisotopic (exact) mass is 336 g/mol. The number of rotatable bonds is 3. The molecule has 7 heteroatoms. The van der Waals surface area contributed by atoms with E-state index in [-0.39, 0.29) is 0 Å². The highest BCUT2D eigenvalue weighted by Gasteiger charge is 2.19. The molecule has 4 rings (SSSR count). The predicted molar refractivity (Wildman–Crippen MR) is 93.6 cm³/mol. The van der Waals surface area contributed by atoms with Gasteiger partial charge in [-0.05, 0) is 38.9 Å². The van der Waals surface area contributed by atoms with Crippen LogP contribution < -0.4 is 10.1 Å². The standard InChI is InChI=1S/C18H20N6O/c1-12-16(11-23(22-12)15-3-5-20-6-4-15)13-7-17(25-2)18-14(8-19)9-21-24(18)10-13/h7,9-11,15,20H,3-6H2,1-2H3. The molecule has 0 amide bonds. The van der Waals surface area contributed by atoms with E-state index in [0.29, 0.717) is 22.9 Å². The van der Waals surface area contributed by atoms with Gasteiger partial charge >= 0.3 is 0 Å². The van der Waals surface area contributed by atoms with Crippen LogP contribution >= 0.6 is 0 Å². The summed E-state index contributed by atoms with van der Waals surface area (Å²) in [7, 11) is 1.61. The summed E-state index contributed by atoms with van der Waals surface area (Å²) in [5.41, 5.74) is 4.22. The lowest BCUT2D eigenvalue weighted by atomic mass is 10.1. The van der Waals surface area contributed by atoms with Crippen molar-refractivity contribution < 1.29 is 4.74 Å². The summed E-state index contributed by atoms with van der Waals surface area (Å²) in [4.78, 5) is 0. The smallest absolute Gasteiger partial charge is 0.146 e. The van der Waals surface area contributed by atoms with Crippen LogP contribution in [0.3, 0.4) is 0 Å². The summed E-state index contributed by atoms with van der Waals surface area (Å²) in [6, 6.07) is 4.55. The van der Waals surface area contributed by atoms with E-state index in [2.05, 4.69) is 27.4 Å². The van der Waals surface area contributed by atoms with Crippen LogP contribution in [0.25, 0.3) is 16.6 Å². The number of aromatic nitrogens is 4. The molecule has 1 aliphatic rings. The van der Waals surface area contributed by atoms with Gasteiger partial charge in [-0.3, -0.25) is 4.68 Å². The van der Waals surface area contributed by atoms with Gasteiger partial charge in [-0.15, -0.1) is 0 Å². The Kier molecular flexibility index (Phi) is 3.90. The van der Waals surface area contributed by atoms with Crippen molar-refractivity contribution in [1.82, 2.24) is 24.7 Å². The second-order valence-electron chi connectivity index (χ2n) is 6.35. The van der Waals surface area contributed by atoms with Crippen LogP contribution in [0.15, 0.2) is 24.7 Å². The van der Waals surface area contributed by atoms with Gasteiger partial charge in [-0.1, -0.05) is 0 Å².